The number of nitro groups is 1. The van der Waals surface area contributed by atoms with Crippen LogP contribution in [-0.4, -0.2) is 72.4 Å². The summed E-state index contributed by atoms with van der Waals surface area (Å²) in [6.45, 7) is 4.24. The monoisotopic (exact) mass is 555 g/mol. The minimum Gasteiger partial charge on any atom is -0.459 e. The number of piperazine rings is 1. The average molecular weight is 556 g/mol. The molecule has 0 unspecified atom stereocenters. The molecule has 1 heterocycles. The fourth-order valence-corrected chi connectivity index (χ4v) is 6.10. The van der Waals surface area contributed by atoms with Gasteiger partial charge in [0.1, 0.15) is 17.4 Å². The average Bonchev–Trinajstić information content (AvgIpc) is 2.81. The van der Waals surface area contributed by atoms with Gasteiger partial charge in [-0.25, -0.2) is 8.42 Å². The SMILES string of the molecule is C[C@H]1CN([C@@H](Cc2ccc(OC(F)F)cc2)C(=O)OC(C)(C)C)CCN1S(=O)(=O)c1ccccc1[N+](=O)[O-]. The highest BCUT2D eigenvalue weighted by molar-refractivity contribution is 7.89. The van der Waals surface area contributed by atoms with Gasteiger partial charge in [-0.3, -0.25) is 19.8 Å². The van der Waals surface area contributed by atoms with Gasteiger partial charge in [-0.1, -0.05) is 24.3 Å². The Bertz CT molecular complexity index is 1250. The van der Waals surface area contributed by atoms with Gasteiger partial charge in [-0.2, -0.15) is 13.1 Å². The summed E-state index contributed by atoms with van der Waals surface area (Å²) >= 11 is 0. The molecule has 2 aromatic rings. The van der Waals surface area contributed by atoms with E-state index in [9.17, 15) is 32.1 Å². The lowest BCUT2D eigenvalue weighted by molar-refractivity contribution is -0.387. The second-order valence-corrected chi connectivity index (χ2v) is 11.8. The highest BCUT2D eigenvalue weighted by atomic mass is 32.2. The van der Waals surface area contributed by atoms with Crippen LogP contribution in [0.15, 0.2) is 53.4 Å². The fraction of sp³-hybridized carbons (Fsp3) is 0.480. The minimum atomic E-state index is -4.19. The molecule has 0 spiro atoms. The summed E-state index contributed by atoms with van der Waals surface area (Å²) in [6.07, 6.45) is 0.188. The number of nitrogens with zero attached hydrogens (tertiary/aromatic N) is 3. The van der Waals surface area contributed by atoms with Crippen LogP contribution >= 0.6 is 0 Å². The number of hydrogen-bond donors (Lipinski definition) is 0. The van der Waals surface area contributed by atoms with Crippen molar-refractivity contribution in [2.45, 2.75) is 63.3 Å². The number of nitro benzene ring substituents is 1. The highest BCUT2D eigenvalue weighted by Gasteiger charge is 2.41. The molecule has 0 saturated carbocycles. The van der Waals surface area contributed by atoms with Crippen LogP contribution in [0.4, 0.5) is 14.5 Å². The van der Waals surface area contributed by atoms with E-state index in [1.54, 1.807) is 39.8 Å². The third-order valence-electron chi connectivity index (χ3n) is 5.94. The largest absolute Gasteiger partial charge is 0.459 e. The molecule has 1 saturated heterocycles. The number of halogens is 2. The van der Waals surface area contributed by atoms with Gasteiger partial charge in [0.2, 0.25) is 10.0 Å². The van der Waals surface area contributed by atoms with Crippen molar-refractivity contribution in [3.05, 3.63) is 64.2 Å². The zero-order valence-electron chi connectivity index (χ0n) is 21.5. The Labute approximate surface area is 220 Å². The van der Waals surface area contributed by atoms with Crippen LogP contribution in [0.3, 0.4) is 0 Å². The van der Waals surface area contributed by atoms with Crippen molar-refractivity contribution in [3.63, 3.8) is 0 Å². The standard InChI is InChI=1S/C25H31F2N3O7S/c1-17-16-28(13-14-29(17)38(34,35)22-8-6-5-7-20(22)30(32)33)21(23(31)37-25(2,3)4)15-18-9-11-19(12-10-18)36-24(26)27/h5-12,17,21,24H,13-16H2,1-4H3/t17-,21-/m0/s1. The van der Waals surface area contributed by atoms with Crippen molar-refractivity contribution in [1.29, 1.82) is 0 Å². The number of benzene rings is 2. The van der Waals surface area contributed by atoms with Gasteiger partial charge in [-0.05, 0) is 57.9 Å². The maximum absolute atomic E-state index is 13.4. The smallest absolute Gasteiger partial charge is 0.387 e. The molecular weight excluding hydrogens is 524 g/mol. The molecule has 0 aromatic heterocycles. The van der Waals surface area contributed by atoms with Gasteiger partial charge < -0.3 is 9.47 Å². The van der Waals surface area contributed by atoms with Crippen LogP contribution in [0.2, 0.25) is 0 Å². The van der Waals surface area contributed by atoms with E-state index in [4.69, 9.17) is 4.74 Å². The molecule has 2 atom stereocenters. The van der Waals surface area contributed by atoms with E-state index in [1.807, 2.05) is 4.90 Å². The highest BCUT2D eigenvalue weighted by Crippen LogP contribution is 2.30. The van der Waals surface area contributed by atoms with E-state index in [1.165, 1.54) is 34.6 Å². The molecular formula is C25H31F2N3O7S. The maximum atomic E-state index is 13.4. The van der Waals surface area contributed by atoms with Crippen molar-refractivity contribution in [2.24, 2.45) is 0 Å². The Balaban J connectivity index is 1.83. The number of esters is 1. The summed E-state index contributed by atoms with van der Waals surface area (Å²) in [5, 5.41) is 11.4. The molecule has 0 bridgehead atoms. The first-order valence-electron chi connectivity index (χ1n) is 11.9. The van der Waals surface area contributed by atoms with Crippen molar-refractivity contribution in [3.8, 4) is 5.75 Å². The van der Waals surface area contributed by atoms with Crippen LogP contribution in [0.25, 0.3) is 0 Å². The number of carbonyl (C=O) groups is 1. The van der Waals surface area contributed by atoms with Crippen LogP contribution < -0.4 is 4.74 Å². The Morgan fingerprint density at radius 1 is 1.13 bits per heavy atom. The van der Waals surface area contributed by atoms with Crippen LogP contribution in [-0.2, 0) is 26.0 Å². The molecule has 0 radical (unpaired) electrons. The molecule has 13 heteroatoms. The molecule has 208 valence electrons. The predicted molar refractivity (Wildman–Crippen MR) is 134 cm³/mol. The molecule has 1 aliphatic rings. The van der Waals surface area contributed by atoms with Crippen molar-refractivity contribution in [2.75, 3.05) is 19.6 Å². The summed E-state index contributed by atoms with van der Waals surface area (Å²) in [4.78, 5) is 25.3. The lowest BCUT2D eigenvalue weighted by Crippen LogP contribution is -2.58. The topological polar surface area (TPSA) is 119 Å². The van der Waals surface area contributed by atoms with Gasteiger partial charge in [0.25, 0.3) is 5.69 Å². The normalized spacial score (nSPS) is 18.2. The van der Waals surface area contributed by atoms with E-state index in [0.29, 0.717) is 5.56 Å². The lowest BCUT2D eigenvalue weighted by Gasteiger charge is -2.42. The third-order valence-corrected chi connectivity index (χ3v) is 8.00. The Morgan fingerprint density at radius 3 is 2.32 bits per heavy atom. The zero-order valence-corrected chi connectivity index (χ0v) is 22.4. The van der Waals surface area contributed by atoms with Gasteiger partial charge in [-0.15, -0.1) is 0 Å². The third kappa shape index (κ3) is 7.23. The van der Waals surface area contributed by atoms with E-state index in [-0.39, 0.29) is 36.7 Å². The molecule has 10 nitrogen and oxygen atoms in total. The number of ether oxygens (including phenoxy) is 2. The number of alkyl halides is 2. The first kappa shape index (κ1) is 29.4. The van der Waals surface area contributed by atoms with Gasteiger partial charge in [0.15, 0.2) is 4.90 Å². The van der Waals surface area contributed by atoms with Crippen molar-refractivity contribution < 1.29 is 36.4 Å². The fourth-order valence-electron chi connectivity index (χ4n) is 4.32. The lowest BCUT2D eigenvalue weighted by atomic mass is 10.0. The summed E-state index contributed by atoms with van der Waals surface area (Å²) in [6, 6.07) is 9.70. The number of sulfonamides is 1. The Kier molecular flexibility index (Phi) is 9.05. The molecule has 0 amide bonds. The number of rotatable bonds is 9. The maximum Gasteiger partial charge on any atom is 0.387 e. The summed E-state index contributed by atoms with van der Waals surface area (Å²) < 4.78 is 62.9. The van der Waals surface area contributed by atoms with E-state index >= 15 is 0 Å². The molecule has 3 rings (SSSR count). The summed E-state index contributed by atoms with van der Waals surface area (Å²) in [7, 11) is -4.19. The molecule has 38 heavy (non-hydrogen) atoms. The molecule has 0 N–H and O–H groups in total. The van der Waals surface area contributed by atoms with Crippen molar-refractivity contribution >= 4 is 21.7 Å². The quantitative estimate of drug-likeness (QED) is 0.260. The number of para-hydroxylation sites is 1. The van der Waals surface area contributed by atoms with Crippen molar-refractivity contribution in [1.82, 2.24) is 9.21 Å². The summed E-state index contributed by atoms with van der Waals surface area (Å²) in [5.41, 5.74) is -0.606. The molecule has 2 aromatic carbocycles. The van der Waals surface area contributed by atoms with Crippen LogP contribution in [0, 0.1) is 10.1 Å². The predicted octanol–water partition coefficient (Wildman–Crippen LogP) is 3.84. The Morgan fingerprint density at radius 2 is 1.76 bits per heavy atom. The van der Waals surface area contributed by atoms with E-state index in [2.05, 4.69) is 4.74 Å². The molecule has 1 aliphatic heterocycles. The van der Waals surface area contributed by atoms with Gasteiger partial charge >= 0.3 is 12.6 Å². The second kappa shape index (κ2) is 11.7. The minimum absolute atomic E-state index is 0.00396. The number of hydrogen-bond acceptors (Lipinski definition) is 8. The molecule has 0 aliphatic carbocycles. The summed E-state index contributed by atoms with van der Waals surface area (Å²) in [5.74, 6) is -0.521. The molecule has 1 fully saturated rings. The number of carbonyl (C=O) groups excluding carboxylic acids is 1. The first-order valence-corrected chi connectivity index (χ1v) is 13.4. The van der Waals surface area contributed by atoms with Crippen LogP contribution in [0.5, 0.6) is 5.75 Å². The zero-order chi connectivity index (χ0) is 28.3. The van der Waals surface area contributed by atoms with E-state index in [0.717, 1.165) is 6.07 Å². The van der Waals surface area contributed by atoms with Gasteiger partial charge in [0, 0.05) is 31.7 Å². The second-order valence-electron chi connectivity index (χ2n) is 9.96. The Hall–Kier alpha value is -3.16. The van der Waals surface area contributed by atoms with Gasteiger partial charge in [0.05, 0.1) is 4.92 Å². The van der Waals surface area contributed by atoms with E-state index < -0.39 is 50.9 Å². The van der Waals surface area contributed by atoms with Crippen LogP contribution in [0.1, 0.15) is 33.3 Å². The first-order chi connectivity index (χ1) is 17.7.